The van der Waals surface area contributed by atoms with E-state index in [0.717, 1.165) is 13.0 Å². The third kappa shape index (κ3) is 4.29. The Hall–Kier alpha value is -1.80. The van der Waals surface area contributed by atoms with E-state index in [1.54, 1.807) is 0 Å². The standard InChI is InChI=1S/C14H21NO11/c1-4(17)15-8-11(10(20)7(3-16)24-13(8)23)26-14-9(19)5(18)2-6(25-14)12(21)22/h2,5,7-11,13-14,16,18-20,23H,3H2,1H3,(H,15,17)(H,21,22)/t5-,7+,8+,9+,10-,11+,13-,14+/m0/s1. The molecule has 0 aromatic carbocycles. The number of amides is 1. The van der Waals surface area contributed by atoms with Crippen molar-refractivity contribution in [1.82, 2.24) is 5.32 Å². The van der Waals surface area contributed by atoms with E-state index in [-0.39, 0.29) is 0 Å². The van der Waals surface area contributed by atoms with Crippen LogP contribution in [0, 0.1) is 0 Å². The highest BCUT2D eigenvalue weighted by Gasteiger charge is 2.49. The van der Waals surface area contributed by atoms with E-state index >= 15 is 0 Å². The summed E-state index contributed by atoms with van der Waals surface area (Å²) in [4.78, 5) is 22.4. The zero-order chi connectivity index (χ0) is 19.6. The van der Waals surface area contributed by atoms with Crippen LogP contribution < -0.4 is 5.32 Å². The smallest absolute Gasteiger partial charge is 0.371 e. The van der Waals surface area contributed by atoms with Gasteiger partial charge >= 0.3 is 5.97 Å². The van der Waals surface area contributed by atoms with Gasteiger partial charge < -0.3 is 50.2 Å². The molecule has 0 aliphatic carbocycles. The molecule has 1 amide bonds. The lowest BCUT2D eigenvalue weighted by atomic mass is 9.96. The van der Waals surface area contributed by atoms with Gasteiger partial charge in [0.15, 0.2) is 6.29 Å². The molecule has 2 aliphatic heterocycles. The molecule has 0 bridgehead atoms. The lowest BCUT2D eigenvalue weighted by Crippen LogP contribution is -2.66. The highest BCUT2D eigenvalue weighted by atomic mass is 16.7. The fourth-order valence-corrected chi connectivity index (χ4v) is 2.67. The Morgan fingerprint density at radius 3 is 2.42 bits per heavy atom. The van der Waals surface area contributed by atoms with Crippen LogP contribution in [0.4, 0.5) is 0 Å². The van der Waals surface area contributed by atoms with Gasteiger partial charge in [-0.2, -0.15) is 0 Å². The van der Waals surface area contributed by atoms with Crippen LogP contribution in [0.25, 0.3) is 0 Å². The maximum absolute atomic E-state index is 11.3. The van der Waals surface area contributed by atoms with Gasteiger partial charge in [0, 0.05) is 6.92 Å². The summed E-state index contributed by atoms with van der Waals surface area (Å²) in [6, 6.07) is -1.32. The molecule has 2 rings (SSSR count). The number of carboxylic acids is 1. The monoisotopic (exact) mass is 379 g/mol. The number of carbonyl (C=O) groups excluding carboxylic acids is 1. The minimum atomic E-state index is -1.73. The van der Waals surface area contributed by atoms with Gasteiger partial charge in [-0.1, -0.05) is 0 Å². The second-order valence-corrected chi connectivity index (χ2v) is 5.87. The first kappa shape index (κ1) is 20.5. The van der Waals surface area contributed by atoms with E-state index in [2.05, 4.69) is 5.32 Å². The Bertz CT molecular complexity index is 567. The molecule has 0 spiro atoms. The first-order chi connectivity index (χ1) is 12.1. The highest BCUT2D eigenvalue weighted by molar-refractivity contribution is 5.84. The molecule has 0 aromatic heterocycles. The molecular formula is C14H21NO11. The first-order valence-corrected chi connectivity index (χ1v) is 7.68. The van der Waals surface area contributed by atoms with Crippen LogP contribution >= 0.6 is 0 Å². The Balaban J connectivity index is 2.24. The molecule has 12 heteroatoms. The van der Waals surface area contributed by atoms with Gasteiger partial charge in [-0.15, -0.1) is 0 Å². The van der Waals surface area contributed by atoms with Crippen molar-refractivity contribution in [2.75, 3.05) is 6.61 Å². The number of aliphatic carboxylic acids is 1. The number of carboxylic acid groups (broad SMARTS) is 1. The minimum absolute atomic E-state index is 0.600. The maximum Gasteiger partial charge on any atom is 0.371 e. The Morgan fingerprint density at radius 2 is 1.88 bits per heavy atom. The van der Waals surface area contributed by atoms with E-state index in [0.29, 0.717) is 0 Å². The van der Waals surface area contributed by atoms with E-state index in [1.807, 2.05) is 0 Å². The fourth-order valence-electron chi connectivity index (χ4n) is 2.67. The van der Waals surface area contributed by atoms with Crippen molar-refractivity contribution < 1.29 is 54.4 Å². The largest absolute Gasteiger partial charge is 0.475 e. The van der Waals surface area contributed by atoms with Crippen LogP contribution in [-0.4, -0.2) is 98.3 Å². The van der Waals surface area contributed by atoms with Gasteiger partial charge in [0.1, 0.15) is 36.6 Å². The van der Waals surface area contributed by atoms with Crippen molar-refractivity contribution in [2.45, 2.75) is 56.1 Å². The van der Waals surface area contributed by atoms with Gasteiger partial charge in [0.25, 0.3) is 0 Å². The van der Waals surface area contributed by atoms with Crippen molar-refractivity contribution in [1.29, 1.82) is 0 Å². The first-order valence-electron chi connectivity index (χ1n) is 7.68. The van der Waals surface area contributed by atoms with Crippen molar-refractivity contribution in [3.63, 3.8) is 0 Å². The highest BCUT2D eigenvalue weighted by Crippen LogP contribution is 2.27. The summed E-state index contributed by atoms with van der Waals surface area (Å²) < 4.78 is 15.3. The lowest BCUT2D eigenvalue weighted by molar-refractivity contribution is -0.302. The van der Waals surface area contributed by atoms with Gasteiger partial charge in [0.05, 0.1) is 6.61 Å². The summed E-state index contributed by atoms with van der Waals surface area (Å²) in [6.07, 6.45) is -10.3. The molecule has 0 aromatic rings. The third-order valence-electron chi connectivity index (χ3n) is 3.94. The molecule has 0 unspecified atom stereocenters. The Labute approximate surface area is 147 Å². The van der Waals surface area contributed by atoms with Gasteiger partial charge in [-0.25, -0.2) is 4.79 Å². The molecule has 12 nitrogen and oxygen atoms in total. The van der Waals surface area contributed by atoms with Crippen LogP contribution in [-0.2, 0) is 23.8 Å². The van der Waals surface area contributed by atoms with Crippen LogP contribution in [0.2, 0.25) is 0 Å². The van der Waals surface area contributed by atoms with E-state index in [4.69, 9.17) is 19.3 Å². The molecule has 1 saturated heterocycles. The van der Waals surface area contributed by atoms with Crippen molar-refractivity contribution in [3.05, 3.63) is 11.8 Å². The molecule has 2 aliphatic rings. The molecular weight excluding hydrogens is 358 g/mol. The number of hydrogen-bond acceptors (Lipinski definition) is 10. The number of aliphatic hydroxyl groups is 5. The van der Waals surface area contributed by atoms with Gasteiger partial charge in [-0.3, -0.25) is 4.79 Å². The van der Waals surface area contributed by atoms with Crippen LogP contribution in [0.5, 0.6) is 0 Å². The fraction of sp³-hybridized carbons (Fsp3) is 0.714. The van der Waals surface area contributed by atoms with Crippen molar-refractivity contribution >= 4 is 11.9 Å². The molecule has 2 heterocycles. The average molecular weight is 379 g/mol. The molecule has 0 saturated carbocycles. The second kappa shape index (κ2) is 8.26. The molecule has 8 atom stereocenters. The average Bonchev–Trinajstić information content (AvgIpc) is 2.56. The van der Waals surface area contributed by atoms with Crippen LogP contribution in [0.1, 0.15) is 6.92 Å². The van der Waals surface area contributed by atoms with E-state index < -0.39 is 73.4 Å². The van der Waals surface area contributed by atoms with Gasteiger partial charge in [0.2, 0.25) is 18.0 Å². The molecule has 148 valence electrons. The number of ether oxygens (including phenoxy) is 3. The summed E-state index contributed by atoms with van der Waals surface area (Å²) in [6.45, 7) is 0.442. The summed E-state index contributed by atoms with van der Waals surface area (Å²) in [5, 5.41) is 60.5. The SMILES string of the molecule is CC(=O)N[C@@H]1[C@@H](O[C@H]2OC(C(=O)O)=C[C@H](O)[C@H]2O)[C@@H](O)[C@@H](CO)O[C@@H]1O. The van der Waals surface area contributed by atoms with Crippen LogP contribution in [0.3, 0.4) is 0 Å². The zero-order valence-electron chi connectivity index (χ0n) is 13.6. The quantitative estimate of drug-likeness (QED) is 0.246. The number of hydrogen-bond donors (Lipinski definition) is 7. The lowest BCUT2D eigenvalue weighted by Gasteiger charge is -2.44. The predicted molar refractivity (Wildman–Crippen MR) is 79.1 cm³/mol. The molecule has 1 fully saturated rings. The number of nitrogens with one attached hydrogen (secondary N) is 1. The summed E-state index contributed by atoms with van der Waals surface area (Å²) in [7, 11) is 0. The molecule has 26 heavy (non-hydrogen) atoms. The van der Waals surface area contributed by atoms with E-state index in [1.165, 1.54) is 0 Å². The number of aliphatic hydroxyl groups excluding tert-OH is 5. The van der Waals surface area contributed by atoms with Crippen molar-refractivity contribution in [3.8, 4) is 0 Å². The third-order valence-corrected chi connectivity index (χ3v) is 3.94. The summed E-state index contributed by atoms with van der Waals surface area (Å²) in [5.74, 6) is -2.81. The predicted octanol–water partition coefficient (Wildman–Crippen LogP) is -4.01. The van der Waals surface area contributed by atoms with Crippen LogP contribution in [0.15, 0.2) is 11.8 Å². The Morgan fingerprint density at radius 1 is 1.23 bits per heavy atom. The zero-order valence-corrected chi connectivity index (χ0v) is 13.6. The summed E-state index contributed by atoms with van der Waals surface area (Å²) in [5.41, 5.74) is 0. The minimum Gasteiger partial charge on any atom is -0.475 e. The maximum atomic E-state index is 11.3. The molecule has 0 radical (unpaired) electrons. The molecule has 7 N–H and O–H groups in total. The Kier molecular flexibility index (Phi) is 6.52. The van der Waals surface area contributed by atoms with Gasteiger partial charge in [-0.05, 0) is 6.08 Å². The summed E-state index contributed by atoms with van der Waals surface area (Å²) >= 11 is 0. The van der Waals surface area contributed by atoms with Crippen molar-refractivity contribution in [2.24, 2.45) is 0 Å². The number of carbonyl (C=O) groups is 2. The second-order valence-electron chi connectivity index (χ2n) is 5.87. The number of rotatable bonds is 5. The van der Waals surface area contributed by atoms with E-state index in [9.17, 15) is 35.1 Å². The normalized spacial score (nSPS) is 40.3. The topological polar surface area (TPSA) is 195 Å².